The van der Waals surface area contributed by atoms with E-state index in [0.717, 1.165) is 11.8 Å². The van der Waals surface area contributed by atoms with Gasteiger partial charge in [-0.15, -0.1) is 0 Å². The Hall–Kier alpha value is -2.35. The Labute approximate surface area is 155 Å². The molecule has 3 atom stereocenters. The Bertz CT molecular complexity index is 692. The molecule has 2 rings (SSSR count). The van der Waals surface area contributed by atoms with Crippen LogP contribution in [0, 0.1) is 5.92 Å². The number of hydrogen-bond acceptors (Lipinski definition) is 6. The molecule has 1 fully saturated rings. The second kappa shape index (κ2) is 8.84. The van der Waals surface area contributed by atoms with Crippen LogP contribution >= 0.6 is 11.8 Å². The topological polar surface area (TPSA) is 101 Å². The van der Waals surface area contributed by atoms with Gasteiger partial charge in [0.05, 0.1) is 19.1 Å². The van der Waals surface area contributed by atoms with E-state index in [1.807, 2.05) is 0 Å². The summed E-state index contributed by atoms with van der Waals surface area (Å²) in [7, 11) is 1.24. The third-order valence-corrected chi connectivity index (χ3v) is 5.15. The Kier molecular flexibility index (Phi) is 6.79. The highest BCUT2D eigenvalue weighted by atomic mass is 32.2. The number of ether oxygens (including phenoxy) is 1. The lowest BCUT2D eigenvalue weighted by atomic mass is 9.93. The minimum absolute atomic E-state index is 0.00679. The lowest BCUT2D eigenvalue weighted by molar-refractivity contribution is -0.150. The minimum Gasteiger partial charge on any atom is -0.480 e. The lowest BCUT2D eigenvalue weighted by Gasteiger charge is -2.30. The molecular weight excluding hydrogens is 358 g/mol. The summed E-state index contributed by atoms with van der Waals surface area (Å²) in [5.74, 6) is -2.59. The molecule has 140 valence electrons. The summed E-state index contributed by atoms with van der Waals surface area (Å²) in [6.07, 6.45) is 0.0123. The van der Waals surface area contributed by atoms with Crippen LogP contribution in [0.15, 0.2) is 30.3 Å². The number of thioether (sulfide) groups is 1. The molecule has 1 aromatic carbocycles. The fourth-order valence-corrected chi connectivity index (χ4v) is 3.81. The number of carbonyl (C=O) groups is 4. The molecule has 1 saturated heterocycles. The molecule has 0 radical (unpaired) electrons. The first-order valence-electron chi connectivity index (χ1n) is 8.17. The third kappa shape index (κ3) is 4.43. The summed E-state index contributed by atoms with van der Waals surface area (Å²) >= 11 is 1.01. The summed E-state index contributed by atoms with van der Waals surface area (Å²) in [5.41, 5.74) is 0.680. The summed E-state index contributed by atoms with van der Waals surface area (Å²) in [6, 6.07) is 7.04. The van der Waals surface area contributed by atoms with Crippen LogP contribution in [0.2, 0.25) is 0 Å². The normalized spacial score (nSPS) is 22.1. The van der Waals surface area contributed by atoms with Gasteiger partial charge in [0.1, 0.15) is 6.04 Å². The van der Waals surface area contributed by atoms with E-state index in [1.165, 1.54) is 18.9 Å². The Morgan fingerprint density at radius 1 is 1.23 bits per heavy atom. The zero-order valence-corrected chi connectivity index (χ0v) is 15.4. The van der Waals surface area contributed by atoms with Crippen LogP contribution in [0.5, 0.6) is 0 Å². The number of amides is 1. The molecule has 26 heavy (non-hydrogen) atoms. The average molecular weight is 379 g/mol. The zero-order chi connectivity index (χ0) is 19.3. The van der Waals surface area contributed by atoms with Crippen molar-refractivity contribution in [3.63, 3.8) is 0 Å². The summed E-state index contributed by atoms with van der Waals surface area (Å²) in [5, 5.41) is 9.47. The summed E-state index contributed by atoms with van der Waals surface area (Å²) < 4.78 is 4.84. The number of methoxy groups -OCH3 is 1. The molecule has 0 aromatic heterocycles. The Balaban J connectivity index is 2.36. The fraction of sp³-hybridized carbons (Fsp3) is 0.444. The molecule has 1 aromatic rings. The van der Waals surface area contributed by atoms with Gasteiger partial charge >= 0.3 is 11.9 Å². The van der Waals surface area contributed by atoms with Gasteiger partial charge in [0.25, 0.3) is 0 Å². The zero-order valence-electron chi connectivity index (χ0n) is 14.6. The van der Waals surface area contributed by atoms with E-state index in [2.05, 4.69) is 0 Å². The van der Waals surface area contributed by atoms with E-state index >= 15 is 0 Å². The highest BCUT2D eigenvalue weighted by molar-refractivity contribution is 8.13. The number of hydrogen-bond donors (Lipinski definition) is 1. The van der Waals surface area contributed by atoms with Crippen molar-refractivity contribution in [1.29, 1.82) is 0 Å². The molecule has 8 heteroatoms. The van der Waals surface area contributed by atoms with E-state index in [0.29, 0.717) is 5.56 Å². The second-order valence-corrected chi connectivity index (χ2v) is 7.24. The van der Waals surface area contributed by atoms with Gasteiger partial charge in [-0.1, -0.05) is 42.1 Å². The van der Waals surface area contributed by atoms with E-state index in [4.69, 9.17) is 4.74 Å². The predicted octanol–water partition coefficient (Wildman–Crippen LogP) is 1.87. The molecular formula is C18H21NO6S. The van der Waals surface area contributed by atoms with Gasteiger partial charge < -0.3 is 14.7 Å². The van der Waals surface area contributed by atoms with Crippen molar-refractivity contribution < 1.29 is 29.0 Å². The van der Waals surface area contributed by atoms with Gasteiger partial charge in [0.15, 0.2) is 5.12 Å². The number of rotatable bonds is 6. The van der Waals surface area contributed by atoms with Gasteiger partial charge in [-0.2, -0.15) is 0 Å². The van der Waals surface area contributed by atoms with Gasteiger partial charge in [-0.25, -0.2) is 4.79 Å². The number of esters is 1. The first-order valence-corrected chi connectivity index (χ1v) is 9.15. The van der Waals surface area contributed by atoms with E-state index in [-0.39, 0.29) is 23.7 Å². The van der Waals surface area contributed by atoms with Crippen LogP contribution in [0.4, 0.5) is 0 Å². The summed E-state index contributed by atoms with van der Waals surface area (Å²) in [6.45, 7) is 1.41. The SMILES string of the molecule is COC(=O)[C@@H]1C[C@H](C(=O)O)N(C(=O)CCSC(C)=O)[C@@H]1c1ccccc1. The molecule has 0 saturated carbocycles. The van der Waals surface area contributed by atoms with Crippen molar-refractivity contribution in [2.24, 2.45) is 5.92 Å². The van der Waals surface area contributed by atoms with Crippen molar-refractivity contribution in [2.45, 2.75) is 31.8 Å². The summed E-state index contributed by atoms with van der Waals surface area (Å²) in [4.78, 5) is 49.1. The maximum absolute atomic E-state index is 12.8. The molecule has 1 aliphatic rings. The van der Waals surface area contributed by atoms with Crippen molar-refractivity contribution in [1.82, 2.24) is 4.90 Å². The number of carboxylic acid groups (broad SMARTS) is 1. The van der Waals surface area contributed by atoms with E-state index in [9.17, 15) is 24.3 Å². The molecule has 0 aliphatic carbocycles. The van der Waals surface area contributed by atoms with E-state index < -0.39 is 35.8 Å². The standard InChI is InChI=1S/C18H21NO6S/c1-11(20)26-9-8-15(21)19-14(17(22)23)10-13(18(24)25-2)16(19)12-6-4-3-5-7-12/h3-7,13-14,16H,8-10H2,1-2H3,(H,22,23)/t13-,14-,16-/m1/s1. The fourth-order valence-electron chi connectivity index (χ4n) is 3.25. The minimum atomic E-state index is -1.16. The number of likely N-dealkylation sites (tertiary alicyclic amines) is 1. The van der Waals surface area contributed by atoms with Gasteiger partial charge in [0, 0.05) is 19.1 Å². The monoisotopic (exact) mass is 379 g/mol. The first kappa shape index (κ1) is 20.0. The van der Waals surface area contributed by atoms with Gasteiger partial charge in [-0.3, -0.25) is 14.4 Å². The molecule has 1 heterocycles. The largest absolute Gasteiger partial charge is 0.480 e. The van der Waals surface area contributed by atoms with E-state index in [1.54, 1.807) is 30.3 Å². The van der Waals surface area contributed by atoms with Crippen LogP contribution in [0.3, 0.4) is 0 Å². The third-order valence-electron chi connectivity index (χ3n) is 4.33. The predicted molar refractivity (Wildman–Crippen MR) is 95.3 cm³/mol. The van der Waals surface area contributed by atoms with Crippen molar-refractivity contribution in [3.05, 3.63) is 35.9 Å². The first-order chi connectivity index (χ1) is 12.4. The smallest absolute Gasteiger partial charge is 0.326 e. The average Bonchev–Trinajstić information content (AvgIpc) is 3.02. The molecule has 1 aliphatic heterocycles. The Morgan fingerprint density at radius 3 is 2.42 bits per heavy atom. The lowest BCUT2D eigenvalue weighted by Crippen LogP contribution is -2.42. The highest BCUT2D eigenvalue weighted by Gasteiger charge is 2.50. The van der Waals surface area contributed by atoms with Gasteiger partial charge in [-0.05, 0) is 12.0 Å². The highest BCUT2D eigenvalue weighted by Crippen LogP contribution is 2.42. The molecule has 0 bridgehead atoms. The number of nitrogens with zero attached hydrogens (tertiary/aromatic N) is 1. The number of aliphatic carboxylic acids is 1. The van der Waals surface area contributed by atoms with Crippen LogP contribution in [-0.4, -0.2) is 51.9 Å². The van der Waals surface area contributed by atoms with Crippen LogP contribution < -0.4 is 0 Å². The second-order valence-electron chi connectivity index (χ2n) is 5.97. The maximum atomic E-state index is 12.8. The van der Waals surface area contributed by atoms with Gasteiger partial charge in [0.2, 0.25) is 5.91 Å². The maximum Gasteiger partial charge on any atom is 0.326 e. The number of carboxylic acids is 1. The Morgan fingerprint density at radius 2 is 1.88 bits per heavy atom. The molecule has 0 unspecified atom stereocenters. The number of carbonyl (C=O) groups excluding carboxylic acids is 3. The quantitative estimate of drug-likeness (QED) is 0.753. The molecule has 1 amide bonds. The number of benzene rings is 1. The molecule has 1 N–H and O–H groups in total. The van der Waals surface area contributed by atoms with Crippen LogP contribution in [0.25, 0.3) is 0 Å². The van der Waals surface area contributed by atoms with Crippen LogP contribution in [0.1, 0.15) is 31.4 Å². The van der Waals surface area contributed by atoms with Crippen molar-refractivity contribution >= 4 is 34.7 Å². The van der Waals surface area contributed by atoms with Crippen LogP contribution in [-0.2, 0) is 23.9 Å². The molecule has 7 nitrogen and oxygen atoms in total. The van der Waals surface area contributed by atoms with Crippen molar-refractivity contribution in [3.8, 4) is 0 Å². The molecule has 0 spiro atoms. The van der Waals surface area contributed by atoms with Crippen molar-refractivity contribution in [2.75, 3.05) is 12.9 Å².